The molecule has 11 nitrogen and oxygen atoms in total. The maximum Gasteiger partial charge on any atom is 0.239 e. The van der Waals surface area contributed by atoms with Crippen molar-refractivity contribution in [2.75, 3.05) is 59.7 Å². The van der Waals surface area contributed by atoms with E-state index >= 15 is 0 Å². The molecule has 3 heterocycles. The minimum Gasteiger partial charge on any atom is -0.492 e. The molecule has 7 rings (SSSR count). The first-order valence-electron chi connectivity index (χ1n) is 19.9. The third kappa shape index (κ3) is 8.09. The van der Waals surface area contributed by atoms with Crippen molar-refractivity contribution in [3.63, 3.8) is 0 Å². The van der Waals surface area contributed by atoms with Gasteiger partial charge in [-0.15, -0.1) is 6.58 Å². The van der Waals surface area contributed by atoms with Crippen LogP contribution in [0.4, 0.5) is 0 Å². The van der Waals surface area contributed by atoms with Gasteiger partial charge in [0.25, 0.3) is 0 Å². The number of ether oxygens (including phenoxy) is 4. The SMILES string of the molecule is C=CCO[C@@]12Oc3ccc(OCCN4CC4)cc3[C@H]3[C@H](CCCCO)[C@@H](CCCCO)C=C(C(=NOC4CCCCO4)C[C@@H]1N(C)C(=O)C1CC1)[C@H]32. The summed E-state index contributed by atoms with van der Waals surface area (Å²) in [6.45, 7) is 8.97. The van der Waals surface area contributed by atoms with Crippen molar-refractivity contribution in [2.24, 2.45) is 28.8 Å². The number of aliphatic hydroxyl groups is 2. The molecule has 0 radical (unpaired) electrons. The highest BCUT2D eigenvalue weighted by atomic mass is 16.8. The predicted molar refractivity (Wildman–Crippen MR) is 197 cm³/mol. The third-order valence-electron chi connectivity index (χ3n) is 12.0. The van der Waals surface area contributed by atoms with Crippen LogP contribution in [0.15, 0.2) is 47.7 Å². The number of amides is 1. The number of aliphatic hydroxyl groups excluding tert-OH is 2. The molecule has 1 amide bonds. The number of likely N-dealkylation sites (N-methyl/N-ethyl adjacent to an activating group) is 1. The number of allylic oxidation sites excluding steroid dienone is 1. The maximum absolute atomic E-state index is 14.0. The average molecular weight is 722 g/mol. The predicted octanol–water partition coefficient (Wildman–Crippen LogP) is 5.41. The fraction of sp³-hybridized carbons (Fsp3) is 0.707. The molecular weight excluding hydrogens is 662 g/mol. The normalized spacial score (nSPS) is 31.5. The number of nitrogens with zero attached hydrogens (tertiary/aromatic N) is 3. The van der Waals surface area contributed by atoms with Crippen LogP contribution in [0, 0.1) is 23.7 Å². The lowest BCUT2D eigenvalue weighted by Gasteiger charge is -2.59. The fourth-order valence-electron chi connectivity index (χ4n) is 9.09. The Bertz CT molecular complexity index is 1450. The summed E-state index contributed by atoms with van der Waals surface area (Å²) >= 11 is 0. The van der Waals surface area contributed by atoms with Crippen molar-refractivity contribution >= 4 is 11.6 Å². The third-order valence-corrected chi connectivity index (χ3v) is 12.0. The van der Waals surface area contributed by atoms with Crippen LogP contribution in [0.1, 0.15) is 88.5 Å². The van der Waals surface area contributed by atoms with Gasteiger partial charge in [-0.05, 0) is 87.0 Å². The van der Waals surface area contributed by atoms with Gasteiger partial charge < -0.3 is 38.9 Å². The highest BCUT2D eigenvalue weighted by Crippen LogP contribution is 2.62. The molecule has 3 aliphatic heterocycles. The van der Waals surface area contributed by atoms with E-state index in [1.165, 1.54) is 0 Å². The number of carbonyl (C=O) groups excluding carboxylic acids is 1. The zero-order valence-electron chi connectivity index (χ0n) is 31.0. The van der Waals surface area contributed by atoms with Gasteiger partial charge in [0.1, 0.15) is 24.1 Å². The van der Waals surface area contributed by atoms with E-state index < -0.39 is 18.1 Å². The van der Waals surface area contributed by atoms with Crippen LogP contribution in [0.5, 0.6) is 11.5 Å². The number of unbranched alkanes of at least 4 members (excludes halogenated alkanes) is 2. The van der Waals surface area contributed by atoms with Crippen LogP contribution in [-0.2, 0) is 19.1 Å². The van der Waals surface area contributed by atoms with Crippen molar-refractivity contribution in [1.82, 2.24) is 9.80 Å². The van der Waals surface area contributed by atoms with Crippen LogP contribution < -0.4 is 9.47 Å². The monoisotopic (exact) mass is 721 g/mol. The zero-order valence-corrected chi connectivity index (χ0v) is 31.0. The maximum atomic E-state index is 14.0. The summed E-state index contributed by atoms with van der Waals surface area (Å²) in [5.41, 5.74) is 2.92. The standard InChI is InChI=1S/C41H59N3O8/c1-3-22-50-41-36(43(2)40(47)28-13-14-28)27-34(42-52-37-12-6-9-23-49-37)32-25-29(10-4-7-20-45)31(11-5-8-21-46)38(39(32)41)33-26-30(15-16-35(33)51-41)48-24-19-44-17-18-44/h3,15-16,25-26,28-29,31,36-39,45-46H,1,4-14,17-24,27H2,2H3/t29-,31+,36-,37?,38+,39+,41+/m0/s1. The van der Waals surface area contributed by atoms with Gasteiger partial charge in [-0.3, -0.25) is 9.69 Å². The van der Waals surface area contributed by atoms with Gasteiger partial charge >= 0.3 is 0 Å². The molecule has 1 aromatic carbocycles. The highest BCUT2D eigenvalue weighted by molar-refractivity contribution is 6.03. The first-order valence-corrected chi connectivity index (χ1v) is 19.9. The molecule has 2 N–H and O–H groups in total. The summed E-state index contributed by atoms with van der Waals surface area (Å²) in [5.74, 6) is 0.425. The molecule has 3 aliphatic carbocycles. The van der Waals surface area contributed by atoms with E-state index in [0.717, 1.165) is 119 Å². The molecule has 1 aromatic rings. The molecular formula is C41H59N3O8. The molecule has 0 bridgehead atoms. The molecule has 0 spiro atoms. The largest absolute Gasteiger partial charge is 0.492 e. The Balaban J connectivity index is 1.37. The molecule has 2 saturated carbocycles. The molecule has 52 heavy (non-hydrogen) atoms. The van der Waals surface area contributed by atoms with Gasteiger partial charge in [0.15, 0.2) is 0 Å². The molecule has 1 unspecified atom stereocenters. The number of oxime groups is 1. The van der Waals surface area contributed by atoms with Crippen LogP contribution in [0.25, 0.3) is 0 Å². The lowest BCUT2D eigenvalue weighted by Crippen LogP contribution is -2.69. The summed E-state index contributed by atoms with van der Waals surface area (Å²) in [6.07, 6.45) is 13.8. The molecule has 6 aliphatic rings. The van der Waals surface area contributed by atoms with E-state index in [-0.39, 0.29) is 55.3 Å². The van der Waals surface area contributed by atoms with Gasteiger partial charge in [0.2, 0.25) is 18.0 Å². The summed E-state index contributed by atoms with van der Waals surface area (Å²) in [7, 11) is 1.89. The van der Waals surface area contributed by atoms with Crippen LogP contribution in [0.3, 0.4) is 0 Å². The second kappa shape index (κ2) is 17.0. The van der Waals surface area contributed by atoms with Crippen LogP contribution in [-0.4, -0.2) is 109 Å². The van der Waals surface area contributed by atoms with Crippen LogP contribution >= 0.6 is 0 Å². The number of hydrogen-bond donors (Lipinski definition) is 2. The second-order valence-electron chi connectivity index (χ2n) is 15.6. The number of hydrogen-bond acceptors (Lipinski definition) is 10. The first-order chi connectivity index (χ1) is 25.5. The number of fused-ring (bicyclic) bond motifs is 2. The Morgan fingerprint density at radius 3 is 2.63 bits per heavy atom. The highest BCUT2D eigenvalue weighted by Gasteiger charge is 2.65. The summed E-state index contributed by atoms with van der Waals surface area (Å²) in [4.78, 5) is 24.4. The quantitative estimate of drug-likeness (QED) is 0.0836. The summed E-state index contributed by atoms with van der Waals surface area (Å²) in [5, 5.41) is 24.5. The number of carbonyl (C=O) groups is 1. The Hall–Kier alpha value is -2.96. The topological polar surface area (TPSA) is 122 Å². The molecule has 4 fully saturated rings. The van der Waals surface area contributed by atoms with Crippen molar-refractivity contribution < 1.29 is 38.8 Å². The van der Waals surface area contributed by atoms with Gasteiger partial charge in [-0.2, -0.15) is 0 Å². The summed E-state index contributed by atoms with van der Waals surface area (Å²) in [6, 6.07) is 5.69. The first kappa shape index (κ1) is 37.4. The van der Waals surface area contributed by atoms with Crippen molar-refractivity contribution in [1.29, 1.82) is 0 Å². The zero-order chi connectivity index (χ0) is 36.1. The molecule has 11 heteroatoms. The van der Waals surface area contributed by atoms with E-state index in [0.29, 0.717) is 19.6 Å². The van der Waals surface area contributed by atoms with Gasteiger partial charge in [0, 0.05) is 70.1 Å². The molecule has 286 valence electrons. The van der Waals surface area contributed by atoms with Crippen molar-refractivity contribution in [2.45, 2.75) is 101 Å². The Morgan fingerprint density at radius 2 is 1.92 bits per heavy atom. The molecule has 7 atom stereocenters. The van der Waals surface area contributed by atoms with E-state index in [1.54, 1.807) is 6.08 Å². The van der Waals surface area contributed by atoms with Crippen molar-refractivity contribution in [3.8, 4) is 11.5 Å². The molecule has 0 aromatic heterocycles. The van der Waals surface area contributed by atoms with Gasteiger partial charge in [-0.1, -0.05) is 30.1 Å². The smallest absolute Gasteiger partial charge is 0.239 e. The molecule has 2 saturated heterocycles. The lowest BCUT2D eigenvalue weighted by molar-refractivity contribution is -0.256. The average Bonchev–Trinajstić information content (AvgIpc) is 4.10. The fourth-order valence-corrected chi connectivity index (χ4v) is 9.09. The Labute approximate surface area is 308 Å². The minimum absolute atomic E-state index is 0.0116. The number of benzene rings is 1. The van der Waals surface area contributed by atoms with Crippen molar-refractivity contribution in [3.05, 3.63) is 48.1 Å². The number of rotatable bonds is 19. The van der Waals surface area contributed by atoms with E-state index in [4.69, 9.17) is 28.9 Å². The van der Waals surface area contributed by atoms with E-state index in [9.17, 15) is 15.0 Å². The van der Waals surface area contributed by atoms with E-state index in [1.807, 2.05) is 24.1 Å². The van der Waals surface area contributed by atoms with Gasteiger partial charge in [-0.25, -0.2) is 0 Å². The van der Waals surface area contributed by atoms with Gasteiger partial charge in [0.05, 0.1) is 24.8 Å². The summed E-state index contributed by atoms with van der Waals surface area (Å²) < 4.78 is 26.5. The lowest BCUT2D eigenvalue weighted by atomic mass is 9.55. The Morgan fingerprint density at radius 1 is 1.12 bits per heavy atom. The van der Waals surface area contributed by atoms with E-state index in [2.05, 4.69) is 23.6 Å². The van der Waals surface area contributed by atoms with Crippen LogP contribution in [0.2, 0.25) is 0 Å². The Kier molecular flexibility index (Phi) is 12.2. The second-order valence-corrected chi connectivity index (χ2v) is 15.6. The minimum atomic E-state index is -1.22.